The number of carbonyl (C=O) groups is 1. The van der Waals surface area contributed by atoms with Gasteiger partial charge in [0.25, 0.3) is 5.91 Å². The molecule has 158 valence electrons. The average molecular weight is 490 g/mol. The Morgan fingerprint density at radius 3 is 2.53 bits per heavy atom. The highest BCUT2D eigenvalue weighted by molar-refractivity contribution is 6.48. The van der Waals surface area contributed by atoms with Crippen molar-refractivity contribution in [2.75, 3.05) is 12.4 Å². The molecule has 3 N–H and O–H groups in total. The lowest BCUT2D eigenvalue weighted by molar-refractivity contribution is 0.0935. The number of nitriles is 1. The Morgan fingerprint density at radius 1 is 1.30 bits per heavy atom. The summed E-state index contributed by atoms with van der Waals surface area (Å²) in [5.74, 6) is -0.361. The molecule has 0 aliphatic heterocycles. The predicted molar refractivity (Wildman–Crippen MR) is 118 cm³/mol. The fraction of sp³-hybridized carbons (Fsp3) is 0.222. The lowest BCUT2D eigenvalue weighted by Gasteiger charge is -2.25. The smallest absolute Gasteiger partial charge is 0.253 e. The normalized spacial score (nSPS) is 12.5. The molecule has 12 heteroatoms. The molecule has 2 rings (SSSR count). The number of nitrogens with one attached hydrogen (secondary N) is 3. The van der Waals surface area contributed by atoms with Crippen molar-refractivity contribution in [3.05, 3.63) is 52.1 Å². The number of hydrogen-bond donors (Lipinski definition) is 3. The van der Waals surface area contributed by atoms with E-state index in [0.717, 1.165) is 0 Å². The van der Waals surface area contributed by atoms with Gasteiger partial charge >= 0.3 is 0 Å². The minimum absolute atomic E-state index is 0.0502. The molecule has 30 heavy (non-hydrogen) atoms. The summed E-state index contributed by atoms with van der Waals surface area (Å²) in [6.07, 6.45) is 2.11. The number of hydrogen-bond acceptors (Lipinski definition) is 5. The molecule has 0 radical (unpaired) electrons. The van der Waals surface area contributed by atoms with Crippen LogP contribution < -0.4 is 20.7 Å². The molecular formula is C18H16Cl4N6O2. The highest BCUT2D eigenvalue weighted by Gasteiger charge is 2.32. The SMILES string of the molecule is COc1ncccc1NC(=NC(NC(=O)c1cc(Cl)cc(Cl)c1)C(C)(Cl)Cl)NC#N. The van der Waals surface area contributed by atoms with E-state index in [0.29, 0.717) is 5.69 Å². The van der Waals surface area contributed by atoms with Gasteiger partial charge in [0.15, 0.2) is 16.7 Å². The van der Waals surface area contributed by atoms with Crippen molar-refractivity contribution in [1.29, 1.82) is 5.26 Å². The summed E-state index contributed by atoms with van der Waals surface area (Å²) in [5, 5.41) is 17.4. The van der Waals surface area contributed by atoms with Crippen LogP contribution in [0.15, 0.2) is 41.5 Å². The van der Waals surface area contributed by atoms with E-state index < -0.39 is 16.4 Å². The summed E-state index contributed by atoms with van der Waals surface area (Å²) < 4.78 is 3.61. The lowest BCUT2D eigenvalue weighted by atomic mass is 10.2. The van der Waals surface area contributed by atoms with Gasteiger partial charge in [-0.2, -0.15) is 5.26 Å². The fourth-order valence-corrected chi connectivity index (χ4v) is 2.95. The molecule has 0 saturated carbocycles. The Hall–Kier alpha value is -2.44. The van der Waals surface area contributed by atoms with Gasteiger partial charge in [-0.3, -0.25) is 10.1 Å². The number of alkyl halides is 2. The molecule has 1 aromatic carbocycles. The fourth-order valence-electron chi connectivity index (χ4n) is 2.22. The van der Waals surface area contributed by atoms with E-state index in [4.69, 9.17) is 56.4 Å². The molecule has 0 fully saturated rings. The Kier molecular flexibility index (Phi) is 8.38. The molecule has 0 saturated heterocycles. The number of pyridine rings is 1. The number of amides is 1. The summed E-state index contributed by atoms with van der Waals surface area (Å²) in [5.41, 5.74) is 0.598. The van der Waals surface area contributed by atoms with E-state index >= 15 is 0 Å². The number of rotatable bonds is 6. The van der Waals surface area contributed by atoms with Crippen molar-refractivity contribution in [2.24, 2.45) is 4.99 Å². The summed E-state index contributed by atoms with van der Waals surface area (Å²) in [7, 11) is 1.44. The Bertz CT molecular complexity index is 967. The molecule has 0 spiro atoms. The number of ether oxygens (including phenoxy) is 1. The summed E-state index contributed by atoms with van der Waals surface area (Å²) in [6, 6.07) is 7.66. The second-order valence-corrected chi connectivity index (χ2v) is 8.53. The lowest BCUT2D eigenvalue weighted by Crippen LogP contribution is -2.45. The van der Waals surface area contributed by atoms with Crippen LogP contribution in [0.1, 0.15) is 17.3 Å². The van der Waals surface area contributed by atoms with Crippen molar-refractivity contribution in [2.45, 2.75) is 17.4 Å². The third-order valence-electron chi connectivity index (χ3n) is 3.52. The minimum Gasteiger partial charge on any atom is -0.480 e. The summed E-state index contributed by atoms with van der Waals surface area (Å²) >= 11 is 24.3. The first-order chi connectivity index (χ1) is 14.1. The highest BCUT2D eigenvalue weighted by atomic mass is 35.5. The molecule has 1 unspecified atom stereocenters. The standard InChI is InChI=1S/C18H16Cl4N6O2/c1-18(21,22)16(27-14(29)10-6-11(19)8-12(20)7-10)28-17(25-9-23)26-13-4-3-5-24-15(13)30-2/h3-8,16H,1-2H3,(H,27,29)(H2,25,26,28). The van der Waals surface area contributed by atoms with Crippen LogP contribution >= 0.6 is 46.4 Å². The molecule has 1 atom stereocenters. The quantitative estimate of drug-likeness (QED) is 0.184. The number of aromatic nitrogens is 1. The molecule has 8 nitrogen and oxygen atoms in total. The summed E-state index contributed by atoms with van der Waals surface area (Å²) in [4.78, 5) is 20.9. The van der Waals surface area contributed by atoms with Gasteiger partial charge in [0.2, 0.25) is 11.8 Å². The second-order valence-electron chi connectivity index (χ2n) is 5.89. The van der Waals surface area contributed by atoms with Crippen LogP contribution in [0.5, 0.6) is 5.88 Å². The zero-order valence-electron chi connectivity index (χ0n) is 15.7. The maximum Gasteiger partial charge on any atom is 0.253 e. The molecular weight excluding hydrogens is 474 g/mol. The third-order valence-corrected chi connectivity index (χ3v) is 4.37. The van der Waals surface area contributed by atoms with Crippen LogP contribution in [-0.4, -0.2) is 34.5 Å². The van der Waals surface area contributed by atoms with Crippen LogP contribution in [0.4, 0.5) is 5.69 Å². The third kappa shape index (κ3) is 6.82. The Morgan fingerprint density at radius 2 is 1.97 bits per heavy atom. The summed E-state index contributed by atoms with van der Waals surface area (Å²) in [6.45, 7) is 1.43. The zero-order chi connectivity index (χ0) is 22.3. The number of halogens is 4. The maximum atomic E-state index is 12.7. The van der Waals surface area contributed by atoms with E-state index in [1.807, 2.05) is 0 Å². The van der Waals surface area contributed by atoms with E-state index in [1.54, 1.807) is 18.3 Å². The number of carbonyl (C=O) groups excluding carboxylic acids is 1. The first kappa shape index (κ1) is 23.8. The van der Waals surface area contributed by atoms with Gasteiger partial charge in [-0.1, -0.05) is 46.4 Å². The van der Waals surface area contributed by atoms with E-state index in [2.05, 4.69) is 25.9 Å². The van der Waals surface area contributed by atoms with Gasteiger partial charge in [-0.15, -0.1) is 0 Å². The monoisotopic (exact) mass is 488 g/mol. The largest absolute Gasteiger partial charge is 0.480 e. The van der Waals surface area contributed by atoms with Gasteiger partial charge in [0.1, 0.15) is 5.69 Å². The minimum atomic E-state index is -1.54. The molecule has 0 aliphatic rings. The van der Waals surface area contributed by atoms with Gasteiger partial charge < -0.3 is 15.4 Å². The maximum absolute atomic E-state index is 12.7. The molecule has 0 aliphatic carbocycles. The number of benzene rings is 1. The molecule has 1 aromatic heterocycles. The topological polar surface area (TPSA) is 111 Å². The average Bonchev–Trinajstić information content (AvgIpc) is 2.66. The first-order valence-corrected chi connectivity index (χ1v) is 9.79. The number of anilines is 1. The van der Waals surface area contributed by atoms with Crippen LogP contribution in [0, 0.1) is 11.5 Å². The van der Waals surface area contributed by atoms with Crippen molar-refractivity contribution >= 4 is 64.0 Å². The van der Waals surface area contributed by atoms with E-state index in [1.165, 1.54) is 38.4 Å². The van der Waals surface area contributed by atoms with Crippen molar-refractivity contribution < 1.29 is 9.53 Å². The molecule has 1 heterocycles. The Balaban J connectivity index is 2.34. The highest BCUT2D eigenvalue weighted by Crippen LogP contribution is 2.27. The molecule has 2 aromatic rings. The predicted octanol–water partition coefficient (Wildman–Crippen LogP) is 4.19. The Labute approximate surface area is 193 Å². The van der Waals surface area contributed by atoms with Crippen LogP contribution in [0.25, 0.3) is 0 Å². The molecule has 0 bridgehead atoms. The molecule has 1 amide bonds. The van der Waals surface area contributed by atoms with E-state index in [-0.39, 0.29) is 27.4 Å². The van der Waals surface area contributed by atoms with Gasteiger partial charge in [-0.25, -0.2) is 9.98 Å². The second kappa shape index (κ2) is 10.5. The van der Waals surface area contributed by atoms with Crippen LogP contribution in [-0.2, 0) is 0 Å². The van der Waals surface area contributed by atoms with Crippen molar-refractivity contribution in [3.63, 3.8) is 0 Å². The van der Waals surface area contributed by atoms with Crippen molar-refractivity contribution in [3.8, 4) is 12.1 Å². The van der Waals surface area contributed by atoms with Crippen LogP contribution in [0.2, 0.25) is 10.0 Å². The van der Waals surface area contributed by atoms with Crippen LogP contribution in [0.3, 0.4) is 0 Å². The first-order valence-electron chi connectivity index (χ1n) is 8.27. The zero-order valence-corrected chi connectivity index (χ0v) is 18.7. The van der Waals surface area contributed by atoms with Crippen molar-refractivity contribution in [1.82, 2.24) is 15.6 Å². The number of guanidine groups is 1. The van der Waals surface area contributed by atoms with Gasteiger partial charge in [0.05, 0.1) is 7.11 Å². The number of methoxy groups -OCH3 is 1. The van der Waals surface area contributed by atoms with E-state index in [9.17, 15) is 4.79 Å². The number of nitrogens with zero attached hydrogens (tertiary/aromatic N) is 3. The van der Waals surface area contributed by atoms with Gasteiger partial charge in [0, 0.05) is 21.8 Å². The number of aliphatic imine (C=N–C) groups is 1. The van der Waals surface area contributed by atoms with Gasteiger partial charge in [-0.05, 0) is 37.3 Å².